The lowest BCUT2D eigenvalue weighted by atomic mass is 9.79. The Morgan fingerprint density at radius 2 is 1.88 bits per heavy atom. The standard InChI is InChI=1S/C13H27NO2/c1-5-11(4)12(16)14-10-13(6-2,7-3)8-9-15/h11,15H,5-10H2,1-4H3,(H,14,16). The van der Waals surface area contributed by atoms with E-state index in [9.17, 15) is 4.79 Å². The van der Waals surface area contributed by atoms with Gasteiger partial charge in [-0.1, -0.05) is 27.7 Å². The van der Waals surface area contributed by atoms with E-state index in [0.29, 0.717) is 6.54 Å². The molecule has 1 amide bonds. The summed E-state index contributed by atoms with van der Waals surface area (Å²) < 4.78 is 0. The van der Waals surface area contributed by atoms with E-state index >= 15 is 0 Å². The molecule has 0 aliphatic rings. The summed E-state index contributed by atoms with van der Waals surface area (Å²) in [6.07, 6.45) is 3.62. The van der Waals surface area contributed by atoms with Gasteiger partial charge in [-0.05, 0) is 31.1 Å². The van der Waals surface area contributed by atoms with E-state index in [1.54, 1.807) is 0 Å². The van der Waals surface area contributed by atoms with Gasteiger partial charge in [0.15, 0.2) is 0 Å². The van der Waals surface area contributed by atoms with Gasteiger partial charge in [0, 0.05) is 19.1 Å². The minimum Gasteiger partial charge on any atom is -0.396 e. The molecule has 3 nitrogen and oxygen atoms in total. The van der Waals surface area contributed by atoms with E-state index in [1.807, 2.05) is 13.8 Å². The Morgan fingerprint density at radius 3 is 2.25 bits per heavy atom. The highest BCUT2D eigenvalue weighted by Gasteiger charge is 2.26. The van der Waals surface area contributed by atoms with Crippen molar-refractivity contribution in [1.29, 1.82) is 0 Å². The zero-order chi connectivity index (χ0) is 12.6. The van der Waals surface area contributed by atoms with E-state index in [2.05, 4.69) is 19.2 Å². The predicted molar refractivity (Wildman–Crippen MR) is 67.2 cm³/mol. The minimum absolute atomic E-state index is 0.0673. The summed E-state index contributed by atoms with van der Waals surface area (Å²) in [6.45, 7) is 9.08. The predicted octanol–water partition coefficient (Wildman–Crippen LogP) is 2.34. The Hall–Kier alpha value is -0.570. The van der Waals surface area contributed by atoms with Crippen LogP contribution in [0.4, 0.5) is 0 Å². The van der Waals surface area contributed by atoms with E-state index < -0.39 is 0 Å². The van der Waals surface area contributed by atoms with Crippen LogP contribution in [0.25, 0.3) is 0 Å². The van der Waals surface area contributed by atoms with Gasteiger partial charge in [-0.3, -0.25) is 4.79 Å². The third-order valence-electron chi connectivity index (χ3n) is 3.84. The molecule has 0 fully saturated rings. The molecule has 2 N–H and O–H groups in total. The Bertz CT molecular complexity index is 200. The minimum atomic E-state index is 0.0673. The Morgan fingerprint density at radius 1 is 1.31 bits per heavy atom. The number of nitrogens with one attached hydrogen (secondary N) is 1. The number of hydrogen-bond acceptors (Lipinski definition) is 2. The van der Waals surface area contributed by atoms with Gasteiger partial charge in [0.05, 0.1) is 0 Å². The molecule has 0 saturated carbocycles. The number of aliphatic hydroxyl groups excluding tert-OH is 1. The molecule has 0 aliphatic carbocycles. The summed E-state index contributed by atoms with van der Waals surface area (Å²) in [7, 11) is 0. The van der Waals surface area contributed by atoms with Crippen LogP contribution in [0.5, 0.6) is 0 Å². The van der Waals surface area contributed by atoms with Gasteiger partial charge in [-0.15, -0.1) is 0 Å². The molecular weight excluding hydrogens is 202 g/mol. The zero-order valence-corrected chi connectivity index (χ0v) is 11.2. The van der Waals surface area contributed by atoms with E-state index in [0.717, 1.165) is 25.7 Å². The number of carbonyl (C=O) groups is 1. The van der Waals surface area contributed by atoms with Gasteiger partial charge in [0.25, 0.3) is 0 Å². The summed E-state index contributed by atoms with van der Waals surface area (Å²) >= 11 is 0. The number of rotatable bonds is 8. The van der Waals surface area contributed by atoms with Crippen LogP contribution >= 0.6 is 0 Å². The largest absolute Gasteiger partial charge is 0.396 e. The molecule has 0 saturated heterocycles. The smallest absolute Gasteiger partial charge is 0.222 e. The molecule has 0 radical (unpaired) electrons. The Balaban J connectivity index is 4.26. The van der Waals surface area contributed by atoms with Crippen LogP contribution in [0.1, 0.15) is 53.4 Å². The fourth-order valence-corrected chi connectivity index (χ4v) is 1.81. The molecule has 0 aliphatic heterocycles. The quantitative estimate of drug-likeness (QED) is 0.671. The van der Waals surface area contributed by atoms with Gasteiger partial charge >= 0.3 is 0 Å². The first-order chi connectivity index (χ1) is 7.55. The van der Waals surface area contributed by atoms with Crippen molar-refractivity contribution in [1.82, 2.24) is 5.32 Å². The Labute approximate surface area is 99.6 Å². The van der Waals surface area contributed by atoms with E-state index in [1.165, 1.54) is 0 Å². The van der Waals surface area contributed by atoms with Crippen LogP contribution in [0.2, 0.25) is 0 Å². The van der Waals surface area contributed by atoms with Crippen LogP contribution in [0.3, 0.4) is 0 Å². The van der Waals surface area contributed by atoms with Gasteiger partial charge < -0.3 is 10.4 Å². The number of aliphatic hydroxyl groups is 1. The normalized spacial score (nSPS) is 13.6. The van der Waals surface area contributed by atoms with Crippen LogP contribution < -0.4 is 5.32 Å². The molecular formula is C13H27NO2. The van der Waals surface area contributed by atoms with Crippen molar-refractivity contribution in [3.05, 3.63) is 0 Å². The molecule has 16 heavy (non-hydrogen) atoms. The highest BCUT2D eigenvalue weighted by atomic mass is 16.3. The maximum atomic E-state index is 11.7. The van der Waals surface area contributed by atoms with Crippen molar-refractivity contribution < 1.29 is 9.90 Å². The molecule has 0 heterocycles. The fourth-order valence-electron chi connectivity index (χ4n) is 1.81. The lowest BCUT2D eigenvalue weighted by Gasteiger charge is -2.31. The fraction of sp³-hybridized carbons (Fsp3) is 0.923. The van der Waals surface area contributed by atoms with Crippen molar-refractivity contribution >= 4 is 5.91 Å². The second-order valence-electron chi connectivity index (χ2n) is 4.71. The van der Waals surface area contributed by atoms with Gasteiger partial charge in [-0.2, -0.15) is 0 Å². The highest BCUT2D eigenvalue weighted by molar-refractivity contribution is 5.78. The number of carbonyl (C=O) groups excluding carboxylic acids is 1. The molecule has 0 rings (SSSR count). The van der Waals surface area contributed by atoms with Crippen LogP contribution in [0.15, 0.2) is 0 Å². The highest BCUT2D eigenvalue weighted by Crippen LogP contribution is 2.29. The van der Waals surface area contributed by atoms with Crippen LogP contribution in [-0.2, 0) is 4.79 Å². The van der Waals surface area contributed by atoms with Crippen molar-refractivity contribution in [2.24, 2.45) is 11.3 Å². The topological polar surface area (TPSA) is 49.3 Å². The van der Waals surface area contributed by atoms with Crippen LogP contribution in [0, 0.1) is 11.3 Å². The summed E-state index contributed by atoms with van der Waals surface area (Å²) in [5.41, 5.74) is 0.0673. The molecule has 0 aromatic heterocycles. The molecule has 0 aromatic carbocycles. The summed E-state index contributed by atoms with van der Waals surface area (Å²) in [5, 5.41) is 12.1. The van der Waals surface area contributed by atoms with E-state index in [-0.39, 0.29) is 23.8 Å². The maximum Gasteiger partial charge on any atom is 0.222 e. The van der Waals surface area contributed by atoms with Gasteiger partial charge in [-0.25, -0.2) is 0 Å². The Kier molecular flexibility index (Phi) is 7.39. The maximum absolute atomic E-state index is 11.7. The second-order valence-corrected chi connectivity index (χ2v) is 4.71. The number of amides is 1. The average Bonchev–Trinajstić information content (AvgIpc) is 2.33. The SMILES string of the molecule is CCC(C)C(=O)NCC(CC)(CC)CCO. The lowest BCUT2D eigenvalue weighted by Crippen LogP contribution is -2.39. The first-order valence-corrected chi connectivity index (χ1v) is 6.43. The summed E-state index contributed by atoms with van der Waals surface area (Å²) in [6, 6.07) is 0. The molecule has 0 bridgehead atoms. The third-order valence-corrected chi connectivity index (χ3v) is 3.84. The molecule has 1 atom stereocenters. The van der Waals surface area contributed by atoms with Gasteiger partial charge in [0.2, 0.25) is 5.91 Å². The summed E-state index contributed by atoms with van der Waals surface area (Å²) in [5.74, 6) is 0.215. The van der Waals surface area contributed by atoms with E-state index in [4.69, 9.17) is 5.11 Å². The van der Waals surface area contributed by atoms with Crippen molar-refractivity contribution in [2.45, 2.75) is 53.4 Å². The first kappa shape index (κ1) is 15.4. The zero-order valence-electron chi connectivity index (χ0n) is 11.2. The molecule has 0 spiro atoms. The molecule has 0 aromatic rings. The number of hydrogen-bond donors (Lipinski definition) is 2. The monoisotopic (exact) mass is 229 g/mol. The van der Waals surface area contributed by atoms with Gasteiger partial charge in [0.1, 0.15) is 0 Å². The summed E-state index contributed by atoms with van der Waals surface area (Å²) in [4.78, 5) is 11.7. The van der Waals surface area contributed by atoms with Crippen molar-refractivity contribution in [3.8, 4) is 0 Å². The van der Waals surface area contributed by atoms with Crippen molar-refractivity contribution in [2.75, 3.05) is 13.2 Å². The van der Waals surface area contributed by atoms with Crippen LogP contribution in [-0.4, -0.2) is 24.2 Å². The average molecular weight is 229 g/mol. The third kappa shape index (κ3) is 4.52. The second kappa shape index (κ2) is 7.66. The molecule has 96 valence electrons. The first-order valence-electron chi connectivity index (χ1n) is 6.43. The lowest BCUT2D eigenvalue weighted by molar-refractivity contribution is -0.125. The van der Waals surface area contributed by atoms with Crippen molar-refractivity contribution in [3.63, 3.8) is 0 Å². The molecule has 1 unspecified atom stereocenters. The molecule has 3 heteroatoms.